The van der Waals surface area contributed by atoms with E-state index in [0.717, 1.165) is 15.6 Å². The van der Waals surface area contributed by atoms with Gasteiger partial charge in [-0.2, -0.15) is 0 Å². The predicted octanol–water partition coefficient (Wildman–Crippen LogP) is 2.42. The number of hydrogen-bond donors (Lipinski definition) is 1. The molecule has 29 heavy (non-hydrogen) atoms. The first kappa shape index (κ1) is 20.8. The maximum atomic E-state index is 12.8. The molecule has 0 spiro atoms. The molecule has 0 unspecified atom stereocenters. The van der Waals surface area contributed by atoms with E-state index >= 15 is 0 Å². The molecule has 2 heterocycles. The molecule has 0 radical (unpaired) electrons. The zero-order valence-corrected chi connectivity index (χ0v) is 17.8. The number of hydrogen-bond acceptors (Lipinski definition) is 8. The van der Waals surface area contributed by atoms with Gasteiger partial charge in [-0.1, -0.05) is 17.2 Å². The molecule has 152 valence electrons. The second-order valence-corrected chi connectivity index (χ2v) is 9.31. The number of nitrogens with one attached hydrogen (secondary N) is 1. The highest BCUT2D eigenvalue weighted by atomic mass is 32.2. The summed E-state index contributed by atoms with van der Waals surface area (Å²) in [6.45, 7) is 1.79. The molecule has 3 aromatic rings. The van der Waals surface area contributed by atoms with Crippen LogP contribution in [0.2, 0.25) is 0 Å². The van der Waals surface area contributed by atoms with E-state index in [9.17, 15) is 13.2 Å². The molecule has 0 aliphatic rings. The quantitative estimate of drug-likeness (QED) is 0.635. The van der Waals surface area contributed by atoms with Gasteiger partial charge in [0.1, 0.15) is 0 Å². The van der Waals surface area contributed by atoms with Crippen LogP contribution in [0.4, 0.5) is 5.13 Å². The van der Waals surface area contributed by atoms with Gasteiger partial charge in [0.15, 0.2) is 0 Å². The van der Waals surface area contributed by atoms with E-state index < -0.39 is 15.9 Å². The van der Waals surface area contributed by atoms with Crippen LogP contribution in [0, 0.1) is 6.92 Å². The number of aryl methyl sites for hydroxylation is 1. The van der Waals surface area contributed by atoms with Crippen molar-refractivity contribution < 1.29 is 17.9 Å². The molecular weight excluding hydrogens is 414 g/mol. The standard InChI is InChI=1S/C18H19N5O4S2/c1-11-8-14(12-6-5-7-13(9-12)29(25,26)23(2)3)15(10-19-11)16(24)20-17-21-22-18(27-4)28-17/h5-10H,1-4H3,(H,20,21,24). The number of sulfonamides is 1. The fraction of sp³-hybridized carbons (Fsp3) is 0.222. The lowest BCUT2D eigenvalue weighted by molar-refractivity contribution is 0.102. The Hall–Kier alpha value is -2.89. The van der Waals surface area contributed by atoms with Crippen LogP contribution in [0.25, 0.3) is 11.1 Å². The fourth-order valence-electron chi connectivity index (χ4n) is 2.52. The number of pyridine rings is 1. The van der Waals surface area contributed by atoms with E-state index in [-0.39, 0.29) is 15.6 Å². The second kappa shape index (κ2) is 8.23. The van der Waals surface area contributed by atoms with E-state index in [0.29, 0.717) is 22.0 Å². The van der Waals surface area contributed by atoms with Crippen molar-refractivity contribution in [2.75, 3.05) is 26.5 Å². The van der Waals surface area contributed by atoms with Gasteiger partial charge in [-0.05, 0) is 47.6 Å². The molecule has 1 aromatic carbocycles. The number of carbonyl (C=O) groups is 1. The number of anilines is 1. The Morgan fingerprint density at radius 2 is 1.97 bits per heavy atom. The number of rotatable bonds is 6. The average Bonchev–Trinajstić information content (AvgIpc) is 3.15. The van der Waals surface area contributed by atoms with Crippen molar-refractivity contribution in [2.45, 2.75) is 11.8 Å². The van der Waals surface area contributed by atoms with Gasteiger partial charge in [0.25, 0.3) is 11.1 Å². The number of ether oxygens (including phenoxy) is 1. The molecule has 0 saturated carbocycles. The molecule has 11 heteroatoms. The van der Waals surface area contributed by atoms with Crippen molar-refractivity contribution >= 4 is 32.4 Å². The molecule has 1 N–H and O–H groups in total. The van der Waals surface area contributed by atoms with Gasteiger partial charge in [-0.3, -0.25) is 15.1 Å². The Morgan fingerprint density at radius 3 is 2.62 bits per heavy atom. The SMILES string of the molecule is COc1nnc(NC(=O)c2cnc(C)cc2-c2cccc(S(=O)(=O)N(C)C)c2)s1. The summed E-state index contributed by atoms with van der Waals surface area (Å²) in [7, 11) is 0.781. The van der Waals surface area contributed by atoms with Gasteiger partial charge in [-0.15, -0.1) is 5.10 Å². The summed E-state index contributed by atoms with van der Waals surface area (Å²) in [5.41, 5.74) is 2.11. The molecular formula is C18H19N5O4S2. The minimum absolute atomic E-state index is 0.134. The van der Waals surface area contributed by atoms with Crippen LogP contribution in [0.1, 0.15) is 16.1 Å². The van der Waals surface area contributed by atoms with E-state index in [1.54, 1.807) is 25.1 Å². The van der Waals surface area contributed by atoms with Crippen LogP contribution in [-0.4, -0.2) is 55.0 Å². The third-order valence-corrected chi connectivity index (χ3v) is 6.62. The summed E-state index contributed by atoms with van der Waals surface area (Å²) in [4.78, 5) is 17.2. The van der Waals surface area contributed by atoms with Gasteiger partial charge in [0.05, 0.1) is 17.6 Å². The summed E-state index contributed by atoms with van der Waals surface area (Å²) in [6.07, 6.45) is 1.45. The Bertz CT molecular complexity index is 1160. The van der Waals surface area contributed by atoms with Crippen LogP contribution >= 0.6 is 11.3 Å². The van der Waals surface area contributed by atoms with Crippen LogP contribution in [0.3, 0.4) is 0 Å². The lowest BCUT2D eigenvalue weighted by Gasteiger charge is -2.14. The Labute approximate surface area is 172 Å². The van der Waals surface area contributed by atoms with Crippen LogP contribution in [0.5, 0.6) is 5.19 Å². The third kappa shape index (κ3) is 4.42. The first-order valence-electron chi connectivity index (χ1n) is 8.41. The van der Waals surface area contributed by atoms with E-state index in [1.807, 2.05) is 0 Å². The molecule has 3 rings (SSSR count). The molecule has 0 aliphatic carbocycles. The Morgan fingerprint density at radius 1 is 1.21 bits per heavy atom. The minimum Gasteiger partial charge on any atom is -0.472 e. The molecule has 2 aromatic heterocycles. The fourth-order valence-corrected chi connectivity index (χ4v) is 4.03. The van der Waals surface area contributed by atoms with Crippen molar-refractivity contribution in [1.29, 1.82) is 0 Å². The van der Waals surface area contributed by atoms with Gasteiger partial charge in [-0.25, -0.2) is 12.7 Å². The van der Waals surface area contributed by atoms with Crippen molar-refractivity contribution in [3.63, 3.8) is 0 Å². The van der Waals surface area contributed by atoms with Crippen molar-refractivity contribution in [3.05, 3.63) is 47.8 Å². The summed E-state index contributed by atoms with van der Waals surface area (Å²) >= 11 is 1.09. The Kier molecular flexibility index (Phi) is 5.91. The van der Waals surface area contributed by atoms with Crippen LogP contribution < -0.4 is 10.1 Å². The second-order valence-electron chi connectivity index (χ2n) is 6.22. The maximum Gasteiger partial charge on any atom is 0.295 e. The van der Waals surface area contributed by atoms with Crippen LogP contribution in [-0.2, 0) is 10.0 Å². The number of aromatic nitrogens is 3. The van der Waals surface area contributed by atoms with E-state index in [4.69, 9.17) is 4.74 Å². The number of nitrogens with zero attached hydrogens (tertiary/aromatic N) is 4. The molecule has 0 bridgehead atoms. The Balaban J connectivity index is 2.02. The largest absolute Gasteiger partial charge is 0.472 e. The molecule has 0 atom stereocenters. The van der Waals surface area contributed by atoms with Crippen molar-refractivity contribution in [2.24, 2.45) is 0 Å². The zero-order valence-electron chi connectivity index (χ0n) is 16.2. The number of methoxy groups -OCH3 is 1. The van der Waals surface area contributed by atoms with Crippen LogP contribution in [0.15, 0.2) is 41.4 Å². The highest BCUT2D eigenvalue weighted by molar-refractivity contribution is 7.89. The number of benzene rings is 1. The number of amides is 1. The summed E-state index contributed by atoms with van der Waals surface area (Å²) < 4.78 is 31.1. The molecule has 9 nitrogen and oxygen atoms in total. The van der Waals surface area contributed by atoms with Gasteiger partial charge < -0.3 is 4.74 Å². The minimum atomic E-state index is -3.61. The summed E-state index contributed by atoms with van der Waals surface area (Å²) in [5, 5.41) is 10.9. The zero-order chi connectivity index (χ0) is 21.2. The topological polar surface area (TPSA) is 114 Å². The van der Waals surface area contributed by atoms with Gasteiger partial charge >= 0.3 is 0 Å². The average molecular weight is 434 g/mol. The molecule has 0 saturated heterocycles. The summed E-state index contributed by atoms with van der Waals surface area (Å²) in [6, 6.07) is 8.17. The normalized spacial score (nSPS) is 11.5. The van der Waals surface area contributed by atoms with Crippen molar-refractivity contribution in [3.8, 4) is 16.3 Å². The molecule has 0 aliphatic heterocycles. The highest BCUT2D eigenvalue weighted by Crippen LogP contribution is 2.29. The monoisotopic (exact) mass is 433 g/mol. The van der Waals surface area contributed by atoms with Crippen molar-refractivity contribution in [1.82, 2.24) is 19.5 Å². The first-order chi connectivity index (χ1) is 13.7. The number of carbonyl (C=O) groups excluding carboxylic acids is 1. The highest BCUT2D eigenvalue weighted by Gasteiger charge is 2.20. The summed E-state index contributed by atoms with van der Waals surface area (Å²) in [5.74, 6) is -0.438. The van der Waals surface area contributed by atoms with E-state index in [1.165, 1.54) is 39.5 Å². The van der Waals surface area contributed by atoms with E-state index in [2.05, 4.69) is 20.5 Å². The lowest BCUT2D eigenvalue weighted by atomic mass is 10.0. The smallest absolute Gasteiger partial charge is 0.295 e. The molecule has 1 amide bonds. The van der Waals surface area contributed by atoms with Gasteiger partial charge in [0, 0.05) is 26.0 Å². The third-order valence-electron chi connectivity index (χ3n) is 4.01. The van der Waals surface area contributed by atoms with Gasteiger partial charge in [0.2, 0.25) is 15.2 Å². The maximum absolute atomic E-state index is 12.8. The lowest BCUT2D eigenvalue weighted by Crippen LogP contribution is -2.22. The molecule has 0 fully saturated rings. The predicted molar refractivity (Wildman–Crippen MR) is 110 cm³/mol. The first-order valence-corrected chi connectivity index (χ1v) is 10.7.